The molecule has 0 bridgehead atoms. The zero-order chi connectivity index (χ0) is 13.9. The van der Waals surface area contributed by atoms with Gasteiger partial charge in [0.15, 0.2) is 0 Å². The van der Waals surface area contributed by atoms with Gasteiger partial charge in [-0.15, -0.1) is 13.2 Å². The van der Waals surface area contributed by atoms with Crippen molar-refractivity contribution < 1.29 is 0 Å². The Balaban J connectivity index is 2.24. The Morgan fingerprint density at radius 2 is 1.60 bits per heavy atom. The molecular weight excluding hydrogens is 244 g/mol. The average molecular weight is 262 g/mol. The Hall–Kier alpha value is -2.48. The molecule has 20 heavy (non-hydrogen) atoms. The van der Waals surface area contributed by atoms with Gasteiger partial charge in [0.25, 0.3) is 0 Å². The molecule has 3 aromatic rings. The second kappa shape index (κ2) is 5.25. The van der Waals surface area contributed by atoms with Gasteiger partial charge in [-0.05, 0) is 12.1 Å². The lowest BCUT2D eigenvalue weighted by Gasteiger charge is -2.22. The Morgan fingerprint density at radius 3 is 2.35 bits per heavy atom. The van der Waals surface area contributed by atoms with E-state index in [0.717, 1.165) is 13.1 Å². The summed E-state index contributed by atoms with van der Waals surface area (Å²) in [6.45, 7) is 9.30. The molecule has 2 heteroatoms. The molecule has 0 radical (unpaired) electrons. The lowest BCUT2D eigenvalue weighted by Crippen LogP contribution is -2.23. The SMILES string of the molecule is C=CCN(CC=C)c1cccc2c1[nH]c1ccccc12. The summed E-state index contributed by atoms with van der Waals surface area (Å²) in [4.78, 5) is 5.80. The largest absolute Gasteiger partial charge is 0.362 e. The molecule has 0 saturated heterocycles. The van der Waals surface area contributed by atoms with E-state index in [1.807, 2.05) is 12.2 Å². The van der Waals surface area contributed by atoms with E-state index in [1.165, 1.54) is 27.5 Å². The van der Waals surface area contributed by atoms with Crippen molar-refractivity contribution in [1.29, 1.82) is 0 Å². The molecule has 1 heterocycles. The van der Waals surface area contributed by atoms with Gasteiger partial charge in [0.2, 0.25) is 0 Å². The molecule has 2 aromatic carbocycles. The average Bonchev–Trinajstić information content (AvgIpc) is 2.85. The summed E-state index contributed by atoms with van der Waals surface area (Å²) in [5.74, 6) is 0. The summed E-state index contributed by atoms with van der Waals surface area (Å²) in [6, 6.07) is 14.8. The molecule has 0 amide bonds. The highest BCUT2D eigenvalue weighted by Gasteiger charge is 2.11. The zero-order valence-corrected chi connectivity index (χ0v) is 11.5. The van der Waals surface area contributed by atoms with E-state index < -0.39 is 0 Å². The highest BCUT2D eigenvalue weighted by molar-refractivity contribution is 6.11. The number of benzene rings is 2. The first-order chi connectivity index (χ1) is 9.85. The third-order valence-electron chi connectivity index (χ3n) is 3.56. The van der Waals surface area contributed by atoms with Crippen LogP contribution in [0.15, 0.2) is 67.8 Å². The minimum atomic E-state index is 0.806. The fourth-order valence-electron chi connectivity index (χ4n) is 2.70. The summed E-state index contributed by atoms with van der Waals surface area (Å²) < 4.78 is 0. The van der Waals surface area contributed by atoms with Crippen LogP contribution in [0.1, 0.15) is 0 Å². The molecule has 0 unspecified atom stereocenters. The fraction of sp³-hybridized carbons (Fsp3) is 0.111. The van der Waals surface area contributed by atoms with Crippen molar-refractivity contribution in [3.05, 3.63) is 67.8 Å². The van der Waals surface area contributed by atoms with E-state index in [4.69, 9.17) is 0 Å². The number of rotatable bonds is 5. The van der Waals surface area contributed by atoms with Gasteiger partial charge >= 0.3 is 0 Å². The van der Waals surface area contributed by atoms with E-state index in [9.17, 15) is 0 Å². The first kappa shape index (κ1) is 12.5. The number of aromatic amines is 1. The minimum Gasteiger partial charge on any atom is -0.362 e. The number of hydrogen-bond donors (Lipinski definition) is 1. The molecule has 2 nitrogen and oxygen atoms in total. The number of hydrogen-bond acceptors (Lipinski definition) is 1. The first-order valence-electron chi connectivity index (χ1n) is 6.81. The Kier molecular flexibility index (Phi) is 3.30. The maximum Gasteiger partial charge on any atom is 0.0702 e. The minimum absolute atomic E-state index is 0.806. The van der Waals surface area contributed by atoms with Crippen molar-refractivity contribution in [1.82, 2.24) is 4.98 Å². The molecule has 1 N–H and O–H groups in total. The molecule has 0 spiro atoms. The van der Waals surface area contributed by atoms with Gasteiger partial charge in [-0.25, -0.2) is 0 Å². The molecule has 3 rings (SSSR count). The second-order valence-electron chi connectivity index (χ2n) is 4.85. The Labute approximate surface area is 119 Å². The van der Waals surface area contributed by atoms with Crippen LogP contribution in [0, 0.1) is 0 Å². The summed E-state index contributed by atoms with van der Waals surface area (Å²) in [6.07, 6.45) is 3.84. The van der Waals surface area contributed by atoms with Crippen LogP contribution in [0.3, 0.4) is 0 Å². The van der Waals surface area contributed by atoms with E-state index in [2.05, 4.69) is 65.5 Å². The quantitative estimate of drug-likeness (QED) is 0.671. The van der Waals surface area contributed by atoms with Crippen molar-refractivity contribution in [3.63, 3.8) is 0 Å². The van der Waals surface area contributed by atoms with Crippen LogP contribution in [0.2, 0.25) is 0 Å². The van der Waals surface area contributed by atoms with Crippen molar-refractivity contribution in [2.75, 3.05) is 18.0 Å². The van der Waals surface area contributed by atoms with E-state index >= 15 is 0 Å². The van der Waals surface area contributed by atoms with E-state index in [1.54, 1.807) is 0 Å². The molecule has 100 valence electrons. The standard InChI is InChI=1S/C18H18N2/c1-3-12-20(13-4-2)17-11-7-9-15-14-8-5-6-10-16(14)19-18(15)17/h3-11,19H,1-2,12-13H2. The summed E-state index contributed by atoms with van der Waals surface area (Å²) >= 11 is 0. The number of fused-ring (bicyclic) bond motifs is 3. The predicted octanol–water partition coefficient (Wildman–Crippen LogP) is 4.50. The summed E-state index contributed by atoms with van der Waals surface area (Å²) in [5.41, 5.74) is 3.54. The molecule has 0 aliphatic carbocycles. The number of anilines is 1. The van der Waals surface area contributed by atoms with Gasteiger partial charge in [-0.2, -0.15) is 0 Å². The Morgan fingerprint density at radius 1 is 0.900 bits per heavy atom. The molecule has 0 aliphatic rings. The normalized spacial score (nSPS) is 10.8. The van der Waals surface area contributed by atoms with Crippen LogP contribution in [-0.2, 0) is 0 Å². The van der Waals surface area contributed by atoms with Crippen LogP contribution in [0.25, 0.3) is 21.8 Å². The van der Waals surface area contributed by atoms with Gasteiger partial charge in [0.05, 0.1) is 11.2 Å². The van der Waals surface area contributed by atoms with Gasteiger partial charge < -0.3 is 9.88 Å². The zero-order valence-electron chi connectivity index (χ0n) is 11.5. The summed E-state index contributed by atoms with van der Waals surface area (Å²) in [7, 11) is 0. The molecule has 0 atom stereocenters. The maximum atomic E-state index is 3.84. The molecule has 0 saturated carbocycles. The van der Waals surface area contributed by atoms with Gasteiger partial charge in [-0.3, -0.25) is 0 Å². The van der Waals surface area contributed by atoms with Gasteiger partial charge in [0, 0.05) is 29.4 Å². The lowest BCUT2D eigenvalue weighted by molar-refractivity contribution is 0.961. The van der Waals surface area contributed by atoms with Crippen LogP contribution >= 0.6 is 0 Å². The summed E-state index contributed by atoms with van der Waals surface area (Å²) in [5, 5.41) is 2.53. The number of aromatic nitrogens is 1. The number of para-hydroxylation sites is 2. The van der Waals surface area contributed by atoms with E-state index in [0.29, 0.717) is 0 Å². The van der Waals surface area contributed by atoms with Crippen LogP contribution in [0.5, 0.6) is 0 Å². The number of nitrogens with zero attached hydrogens (tertiary/aromatic N) is 1. The van der Waals surface area contributed by atoms with Crippen molar-refractivity contribution in [2.24, 2.45) is 0 Å². The van der Waals surface area contributed by atoms with Crippen LogP contribution in [0.4, 0.5) is 5.69 Å². The number of nitrogens with one attached hydrogen (secondary N) is 1. The first-order valence-corrected chi connectivity index (χ1v) is 6.81. The highest BCUT2D eigenvalue weighted by atomic mass is 15.1. The van der Waals surface area contributed by atoms with Crippen molar-refractivity contribution in [2.45, 2.75) is 0 Å². The lowest BCUT2D eigenvalue weighted by atomic mass is 10.1. The molecule has 0 fully saturated rings. The topological polar surface area (TPSA) is 19.0 Å². The smallest absolute Gasteiger partial charge is 0.0702 e. The van der Waals surface area contributed by atoms with E-state index in [-0.39, 0.29) is 0 Å². The predicted molar refractivity (Wildman–Crippen MR) is 88.4 cm³/mol. The van der Waals surface area contributed by atoms with Crippen LogP contribution in [-0.4, -0.2) is 18.1 Å². The maximum absolute atomic E-state index is 3.84. The van der Waals surface area contributed by atoms with Crippen molar-refractivity contribution >= 4 is 27.5 Å². The number of H-pyrrole nitrogens is 1. The second-order valence-corrected chi connectivity index (χ2v) is 4.85. The monoisotopic (exact) mass is 262 g/mol. The van der Waals surface area contributed by atoms with Gasteiger partial charge in [0.1, 0.15) is 0 Å². The highest BCUT2D eigenvalue weighted by Crippen LogP contribution is 2.32. The van der Waals surface area contributed by atoms with Crippen LogP contribution < -0.4 is 4.90 Å². The molecular formula is C18H18N2. The molecule has 1 aromatic heterocycles. The third kappa shape index (κ3) is 1.99. The van der Waals surface area contributed by atoms with Crippen molar-refractivity contribution in [3.8, 4) is 0 Å². The Bertz CT molecular complexity index is 757. The molecule has 0 aliphatic heterocycles. The fourth-order valence-corrected chi connectivity index (χ4v) is 2.70. The third-order valence-corrected chi connectivity index (χ3v) is 3.56. The van der Waals surface area contributed by atoms with Gasteiger partial charge in [-0.1, -0.05) is 42.5 Å².